The van der Waals surface area contributed by atoms with Crippen molar-refractivity contribution in [3.8, 4) is 11.4 Å². The molecule has 90 valence electrons. The quantitative estimate of drug-likeness (QED) is 0.912. The van der Waals surface area contributed by atoms with Crippen molar-refractivity contribution in [2.45, 2.75) is 13.0 Å². The van der Waals surface area contributed by atoms with Crippen molar-refractivity contribution >= 4 is 11.6 Å². The van der Waals surface area contributed by atoms with E-state index in [1.54, 1.807) is 24.2 Å². The third kappa shape index (κ3) is 2.28. The molecule has 2 rings (SSSR count). The van der Waals surface area contributed by atoms with Gasteiger partial charge in [0.05, 0.1) is 24.0 Å². The van der Waals surface area contributed by atoms with E-state index in [9.17, 15) is 0 Å². The molecule has 17 heavy (non-hydrogen) atoms. The van der Waals surface area contributed by atoms with Gasteiger partial charge in [-0.15, -0.1) is 0 Å². The van der Waals surface area contributed by atoms with Crippen molar-refractivity contribution < 1.29 is 4.74 Å². The summed E-state index contributed by atoms with van der Waals surface area (Å²) in [6.07, 6.45) is 3.33. The van der Waals surface area contributed by atoms with Crippen LogP contribution < -0.4 is 10.5 Å². The third-order valence-corrected chi connectivity index (χ3v) is 2.71. The highest BCUT2D eigenvalue weighted by molar-refractivity contribution is 6.30. The number of nitrogens with two attached hydrogens (primary N) is 1. The maximum atomic E-state index is 5.98. The van der Waals surface area contributed by atoms with Crippen LogP contribution in [0.5, 0.6) is 5.75 Å². The molecule has 0 radical (unpaired) electrons. The highest BCUT2D eigenvalue weighted by Crippen LogP contribution is 2.30. The minimum Gasteiger partial charge on any atom is -0.496 e. The first-order valence-electron chi connectivity index (χ1n) is 5.26. The smallest absolute Gasteiger partial charge is 0.125 e. The van der Waals surface area contributed by atoms with E-state index in [-0.39, 0.29) is 6.04 Å². The van der Waals surface area contributed by atoms with Crippen molar-refractivity contribution in [3.05, 3.63) is 41.2 Å². The number of hydrogen-bond donors (Lipinski definition) is 1. The summed E-state index contributed by atoms with van der Waals surface area (Å²) < 4.78 is 7.02. The summed E-state index contributed by atoms with van der Waals surface area (Å²) in [6, 6.07) is 5.57. The summed E-state index contributed by atoms with van der Waals surface area (Å²) in [5, 5.41) is 4.76. The number of ether oxygens (including phenoxy) is 1. The molecule has 0 aliphatic carbocycles. The molecule has 2 aromatic rings. The molecule has 0 aliphatic heterocycles. The summed E-state index contributed by atoms with van der Waals surface area (Å²) in [6.45, 7) is 1.91. The maximum absolute atomic E-state index is 5.98. The van der Waals surface area contributed by atoms with Crippen LogP contribution in [0.3, 0.4) is 0 Å². The summed E-state index contributed by atoms with van der Waals surface area (Å²) in [4.78, 5) is 0. The molecule has 0 unspecified atom stereocenters. The van der Waals surface area contributed by atoms with Crippen LogP contribution in [-0.4, -0.2) is 16.9 Å². The van der Waals surface area contributed by atoms with Gasteiger partial charge >= 0.3 is 0 Å². The highest BCUT2D eigenvalue weighted by atomic mass is 35.5. The lowest BCUT2D eigenvalue weighted by atomic mass is 10.1. The van der Waals surface area contributed by atoms with E-state index in [0.29, 0.717) is 5.02 Å². The molecule has 0 spiro atoms. The molecule has 1 atom stereocenters. The highest BCUT2D eigenvalue weighted by Gasteiger charge is 2.14. The van der Waals surface area contributed by atoms with Crippen LogP contribution in [0.2, 0.25) is 5.02 Å². The number of aromatic nitrogens is 2. The SMILES string of the molecule is COc1cccc(-n2cc(Cl)cn2)c1[C@@H](C)N. The molecule has 0 fully saturated rings. The number of benzene rings is 1. The predicted molar refractivity (Wildman–Crippen MR) is 67.7 cm³/mol. The van der Waals surface area contributed by atoms with Gasteiger partial charge in [-0.2, -0.15) is 5.10 Å². The number of nitrogens with zero attached hydrogens (tertiary/aromatic N) is 2. The van der Waals surface area contributed by atoms with Gasteiger partial charge in [-0.05, 0) is 19.1 Å². The first-order valence-corrected chi connectivity index (χ1v) is 5.64. The molecule has 1 aromatic carbocycles. The van der Waals surface area contributed by atoms with Crippen LogP contribution in [0.4, 0.5) is 0 Å². The summed E-state index contributed by atoms with van der Waals surface area (Å²) in [5.41, 5.74) is 7.77. The zero-order chi connectivity index (χ0) is 12.4. The van der Waals surface area contributed by atoms with Crippen LogP contribution in [-0.2, 0) is 0 Å². The largest absolute Gasteiger partial charge is 0.496 e. The summed E-state index contributed by atoms with van der Waals surface area (Å²) in [5.74, 6) is 0.754. The number of rotatable bonds is 3. The first-order chi connectivity index (χ1) is 8.13. The minimum absolute atomic E-state index is 0.149. The van der Waals surface area contributed by atoms with E-state index in [1.807, 2.05) is 25.1 Å². The Labute approximate surface area is 105 Å². The van der Waals surface area contributed by atoms with E-state index < -0.39 is 0 Å². The molecule has 4 nitrogen and oxygen atoms in total. The molecule has 1 heterocycles. The molecule has 2 N–H and O–H groups in total. The standard InChI is InChI=1S/C12H14ClN3O/c1-8(14)12-10(4-3-5-11(12)17-2)16-7-9(13)6-15-16/h3-8H,14H2,1-2H3/t8-/m1/s1. The van der Waals surface area contributed by atoms with Gasteiger partial charge in [0.1, 0.15) is 5.75 Å². The molecular formula is C12H14ClN3O. The topological polar surface area (TPSA) is 53.1 Å². The summed E-state index contributed by atoms with van der Waals surface area (Å²) in [7, 11) is 1.63. The van der Waals surface area contributed by atoms with Gasteiger partial charge in [0, 0.05) is 17.8 Å². The Bertz CT molecular complexity index is 522. The molecule has 0 saturated carbocycles. The van der Waals surface area contributed by atoms with Crippen molar-refractivity contribution in [1.29, 1.82) is 0 Å². The normalized spacial score (nSPS) is 12.5. The van der Waals surface area contributed by atoms with E-state index in [2.05, 4.69) is 5.10 Å². The average molecular weight is 252 g/mol. The van der Waals surface area contributed by atoms with Gasteiger partial charge in [-0.3, -0.25) is 0 Å². The predicted octanol–water partition coefficient (Wildman–Crippen LogP) is 2.55. The summed E-state index contributed by atoms with van der Waals surface area (Å²) >= 11 is 5.87. The van der Waals surface area contributed by atoms with Crippen LogP contribution in [0.25, 0.3) is 5.69 Å². The zero-order valence-electron chi connectivity index (χ0n) is 9.72. The first kappa shape index (κ1) is 12.0. The van der Waals surface area contributed by atoms with Crippen LogP contribution in [0.15, 0.2) is 30.6 Å². The molecule has 0 bridgehead atoms. The van der Waals surface area contributed by atoms with Crippen molar-refractivity contribution in [2.24, 2.45) is 5.73 Å². The fourth-order valence-corrected chi connectivity index (χ4v) is 1.94. The van der Waals surface area contributed by atoms with E-state index in [0.717, 1.165) is 17.0 Å². The number of methoxy groups -OCH3 is 1. The van der Waals surface area contributed by atoms with Crippen LogP contribution in [0, 0.1) is 0 Å². The Morgan fingerprint density at radius 3 is 2.76 bits per heavy atom. The lowest BCUT2D eigenvalue weighted by Gasteiger charge is -2.16. The molecular weight excluding hydrogens is 238 g/mol. The van der Waals surface area contributed by atoms with Crippen molar-refractivity contribution in [1.82, 2.24) is 9.78 Å². The van der Waals surface area contributed by atoms with Gasteiger partial charge in [0.15, 0.2) is 0 Å². The Balaban J connectivity index is 2.60. The van der Waals surface area contributed by atoms with Crippen LogP contribution in [0.1, 0.15) is 18.5 Å². The van der Waals surface area contributed by atoms with E-state index >= 15 is 0 Å². The fraction of sp³-hybridized carbons (Fsp3) is 0.250. The van der Waals surface area contributed by atoms with Gasteiger partial charge < -0.3 is 10.5 Å². The van der Waals surface area contributed by atoms with Gasteiger partial charge in [0.2, 0.25) is 0 Å². The molecule has 0 amide bonds. The number of halogens is 1. The van der Waals surface area contributed by atoms with Crippen molar-refractivity contribution in [3.63, 3.8) is 0 Å². The second-order valence-electron chi connectivity index (χ2n) is 3.78. The van der Waals surface area contributed by atoms with E-state index in [1.165, 1.54) is 0 Å². The molecule has 0 aliphatic rings. The second-order valence-corrected chi connectivity index (χ2v) is 4.22. The average Bonchev–Trinajstić information content (AvgIpc) is 2.74. The molecule has 1 aromatic heterocycles. The Morgan fingerprint density at radius 2 is 2.24 bits per heavy atom. The lowest BCUT2D eigenvalue weighted by Crippen LogP contribution is -2.11. The van der Waals surface area contributed by atoms with Gasteiger partial charge in [-0.25, -0.2) is 4.68 Å². The fourth-order valence-electron chi connectivity index (χ4n) is 1.80. The van der Waals surface area contributed by atoms with Crippen LogP contribution >= 0.6 is 11.6 Å². The Hall–Kier alpha value is -1.52. The maximum Gasteiger partial charge on any atom is 0.125 e. The monoisotopic (exact) mass is 251 g/mol. The number of hydrogen-bond acceptors (Lipinski definition) is 3. The third-order valence-electron chi connectivity index (χ3n) is 2.52. The second kappa shape index (κ2) is 4.77. The van der Waals surface area contributed by atoms with E-state index in [4.69, 9.17) is 22.1 Å². The van der Waals surface area contributed by atoms with Crippen molar-refractivity contribution in [2.75, 3.05) is 7.11 Å². The Morgan fingerprint density at radius 1 is 1.47 bits per heavy atom. The lowest BCUT2D eigenvalue weighted by molar-refractivity contribution is 0.406. The van der Waals surface area contributed by atoms with Gasteiger partial charge in [0.25, 0.3) is 0 Å². The van der Waals surface area contributed by atoms with Gasteiger partial charge in [-0.1, -0.05) is 17.7 Å². The zero-order valence-corrected chi connectivity index (χ0v) is 10.5. The molecule has 0 saturated heterocycles. The molecule has 5 heteroatoms. The Kier molecular flexibility index (Phi) is 3.36. The minimum atomic E-state index is -0.149.